The molecule has 0 spiro atoms. The molecule has 1 aliphatic rings. The third-order valence-electron chi connectivity index (χ3n) is 3.31. The molecule has 7 heteroatoms. The molecule has 0 aliphatic carbocycles. The van der Waals surface area contributed by atoms with Crippen LogP contribution >= 0.6 is 0 Å². The lowest BCUT2D eigenvalue weighted by molar-refractivity contribution is -0.139. The van der Waals surface area contributed by atoms with Crippen molar-refractivity contribution in [3.05, 3.63) is 35.6 Å². The van der Waals surface area contributed by atoms with Crippen molar-refractivity contribution in [3.8, 4) is 0 Å². The molecule has 1 aromatic rings. The van der Waals surface area contributed by atoms with Crippen LogP contribution in [0.4, 0.5) is 4.39 Å². The first-order valence-corrected chi connectivity index (χ1v) is 7.68. The summed E-state index contributed by atoms with van der Waals surface area (Å²) in [5, 5.41) is 10.7. The number of rotatable bonds is 3. The molecule has 19 heavy (non-hydrogen) atoms. The molecule has 0 aromatic heterocycles. The summed E-state index contributed by atoms with van der Waals surface area (Å²) in [4.78, 5) is 11.0. The molecule has 104 valence electrons. The molecule has 2 N–H and O–H groups in total. The molecule has 2 rings (SSSR count). The van der Waals surface area contributed by atoms with Crippen LogP contribution in [0.25, 0.3) is 0 Å². The molecule has 1 fully saturated rings. The second kappa shape index (κ2) is 4.90. The Bertz CT molecular complexity index is 602. The van der Waals surface area contributed by atoms with E-state index in [-0.39, 0.29) is 12.0 Å². The highest BCUT2D eigenvalue weighted by Crippen LogP contribution is 2.33. The van der Waals surface area contributed by atoms with E-state index >= 15 is 0 Å². The minimum atomic E-state index is -3.48. The Hall–Kier alpha value is -1.47. The Morgan fingerprint density at radius 2 is 2.05 bits per heavy atom. The summed E-state index contributed by atoms with van der Waals surface area (Å²) in [6, 6.07) is 3.97. The quantitative estimate of drug-likeness (QED) is 0.856. The van der Waals surface area contributed by atoms with Crippen LogP contribution in [-0.4, -0.2) is 37.0 Å². The second-order valence-corrected chi connectivity index (χ2v) is 6.92. The van der Waals surface area contributed by atoms with Crippen LogP contribution in [0.2, 0.25) is 0 Å². The van der Waals surface area contributed by atoms with Gasteiger partial charge in [0, 0.05) is 11.8 Å². The van der Waals surface area contributed by atoms with Crippen molar-refractivity contribution in [2.45, 2.75) is 23.8 Å². The largest absolute Gasteiger partial charge is 0.480 e. The summed E-state index contributed by atoms with van der Waals surface area (Å²) in [5.74, 6) is -1.67. The Balaban J connectivity index is 2.42. The highest BCUT2D eigenvalue weighted by molar-refractivity contribution is 7.91. The first kappa shape index (κ1) is 14.0. The predicted molar refractivity (Wildman–Crippen MR) is 66.9 cm³/mol. The van der Waals surface area contributed by atoms with Gasteiger partial charge in [-0.05, 0) is 12.5 Å². The summed E-state index contributed by atoms with van der Waals surface area (Å²) in [5.41, 5.74) is 0.182. The fraction of sp³-hybridized carbons (Fsp3) is 0.417. The first-order valence-electron chi connectivity index (χ1n) is 5.73. The van der Waals surface area contributed by atoms with E-state index < -0.39 is 39.0 Å². The van der Waals surface area contributed by atoms with Crippen molar-refractivity contribution in [3.63, 3.8) is 0 Å². The minimum Gasteiger partial charge on any atom is -0.480 e. The lowest BCUT2D eigenvalue weighted by atomic mass is 10.0. The van der Waals surface area contributed by atoms with Gasteiger partial charge in [-0.1, -0.05) is 18.2 Å². The zero-order valence-corrected chi connectivity index (χ0v) is 11.0. The Labute approximate surface area is 110 Å². The maximum atomic E-state index is 13.7. The van der Waals surface area contributed by atoms with Gasteiger partial charge in [-0.3, -0.25) is 10.1 Å². The highest BCUT2D eigenvalue weighted by atomic mass is 32.2. The van der Waals surface area contributed by atoms with Gasteiger partial charge in [0.2, 0.25) is 0 Å². The van der Waals surface area contributed by atoms with Crippen molar-refractivity contribution < 1.29 is 22.7 Å². The molecular weight excluding hydrogens is 273 g/mol. The number of hydrogen-bond acceptors (Lipinski definition) is 4. The van der Waals surface area contributed by atoms with Crippen molar-refractivity contribution >= 4 is 15.8 Å². The topological polar surface area (TPSA) is 83.5 Å². The number of carboxylic acid groups (broad SMARTS) is 1. The molecular formula is C12H14FNO4S. The molecule has 1 heterocycles. The number of sulfone groups is 1. The lowest BCUT2D eigenvalue weighted by Gasteiger charge is -2.18. The van der Waals surface area contributed by atoms with Crippen LogP contribution < -0.4 is 5.32 Å². The normalized spacial score (nSPS) is 27.4. The van der Waals surface area contributed by atoms with Crippen LogP contribution in [0.3, 0.4) is 0 Å². The zero-order valence-electron chi connectivity index (χ0n) is 10.2. The summed E-state index contributed by atoms with van der Waals surface area (Å²) in [7, 11) is -3.48. The molecule has 0 amide bonds. The van der Waals surface area contributed by atoms with Gasteiger partial charge in [0.15, 0.2) is 9.84 Å². The Morgan fingerprint density at radius 1 is 1.42 bits per heavy atom. The molecule has 0 saturated carbocycles. The smallest absolute Gasteiger partial charge is 0.320 e. The summed E-state index contributed by atoms with van der Waals surface area (Å²) < 4.78 is 37.2. The third kappa shape index (κ3) is 2.76. The van der Waals surface area contributed by atoms with Crippen LogP contribution in [-0.2, 0) is 14.6 Å². The number of carbonyl (C=O) groups is 1. The number of halogens is 1. The van der Waals surface area contributed by atoms with Crippen LogP contribution in [0.5, 0.6) is 0 Å². The molecule has 3 atom stereocenters. The second-order valence-electron chi connectivity index (χ2n) is 4.66. The highest BCUT2D eigenvalue weighted by Gasteiger charge is 2.44. The van der Waals surface area contributed by atoms with E-state index in [0.717, 1.165) is 6.26 Å². The SMILES string of the molecule is CS(=O)(=O)C1CC(C(=O)O)NC1c1ccccc1F. The van der Waals surface area contributed by atoms with Crippen molar-refractivity contribution in [1.29, 1.82) is 0 Å². The van der Waals surface area contributed by atoms with Gasteiger partial charge in [-0.25, -0.2) is 12.8 Å². The minimum absolute atomic E-state index is 0.0623. The van der Waals surface area contributed by atoms with Gasteiger partial charge in [-0.15, -0.1) is 0 Å². The average molecular weight is 287 g/mol. The van der Waals surface area contributed by atoms with Gasteiger partial charge in [0.25, 0.3) is 0 Å². The van der Waals surface area contributed by atoms with E-state index in [9.17, 15) is 17.6 Å². The van der Waals surface area contributed by atoms with Crippen molar-refractivity contribution in [1.82, 2.24) is 5.32 Å². The molecule has 1 aliphatic heterocycles. The summed E-state index contributed by atoms with van der Waals surface area (Å²) in [6.45, 7) is 0. The molecule has 0 radical (unpaired) electrons. The molecule has 1 aromatic carbocycles. The van der Waals surface area contributed by atoms with Gasteiger partial charge in [-0.2, -0.15) is 0 Å². The van der Waals surface area contributed by atoms with E-state index in [4.69, 9.17) is 5.11 Å². The number of benzene rings is 1. The fourth-order valence-corrected chi connectivity index (χ4v) is 3.63. The summed E-state index contributed by atoms with van der Waals surface area (Å²) in [6.07, 6.45) is 0.977. The monoisotopic (exact) mass is 287 g/mol. The van der Waals surface area contributed by atoms with Gasteiger partial charge < -0.3 is 5.11 Å². The number of hydrogen-bond donors (Lipinski definition) is 2. The Morgan fingerprint density at radius 3 is 2.58 bits per heavy atom. The maximum Gasteiger partial charge on any atom is 0.320 e. The number of carboxylic acids is 1. The van der Waals surface area contributed by atoms with Crippen LogP contribution in [0.15, 0.2) is 24.3 Å². The average Bonchev–Trinajstić information content (AvgIpc) is 2.74. The van der Waals surface area contributed by atoms with Gasteiger partial charge >= 0.3 is 5.97 Å². The first-order chi connectivity index (χ1) is 8.80. The van der Waals surface area contributed by atoms with Gasteiger partial charge in [0.1, 0.15) is 11.9 Å². The van der Waals surface area contributed by atoms with Crippen molar-refractivity contribution in [2.75, 3.05) is 6.26 Å². The van der Waals surface area contributed by atoms with E-state index in [1.165, 1.54) is 18.2 Å². The predicted octanol–water partition coefficient (Wildman–Crippen LogP) is 0.727. The van der Waals surface area contributed by atoms with E-state index in [2.05, 4.69) is 5.32 Å². The van der Waals surface area contributed by atoms with Crippen LogP contribution in [0, 0.1) is 5.82 Å². The molecule has 0 bridgehead atoms. The molecule has 5 nitrogen and oxygen atoms in total. The maximum absolute atomic E-state index is 13.7. The van der Waals surface area contributed by atoms with Crippen molar-refractivity contribution in [2.24, 2.45) is 0 Å². The van der Waals surface area contributed by atoms with E-state index in [1.807, 2.05) is 0 Å². The van der Waals surface area contributed by atoms with Gasteiger partial charge in [0.05, 0.1) is 11.3 Å². The summed E-state index contributed by atoms with van der Waals surface area (Å²) >= 11 is 0. The Kier molecular flexibility index (Phi) is 3.60. The fourth-order valence-electron chi connectivity index (χ4n) is 2.37. The molecule has 1 saturated heterocycles. The third-order valence-corrected chi connectivity index (χ3v) is 4.87. The standard InChI is InChI=1S/C12H14FNO4S/c1-19(17,18)10-6-9(12(15)16)14-11(10)7-4-2-3-5-8(7)13/h2-5,9-11,14H,6H2,1H3,(H,15,16). The van der Waals surface area contributed by atoms with E-state index in [0.29, 0.717) is 0 Å². The van der Waals surface area contributed by atoms with Crippen LogP contribution in [0.1, 0.15) is 18.0 Å². The number of nitrogens with one attached hydrogen (secondary N) is 1. The molecule has 3 unspecified atom stereocenters. The van der Waals surface area contributed by atoms with E-state index in [1.54, 1.807) is 6.07 Å². The zero-order chi connectivity index (χ0) is 14.2. The lowest BCUT2D eigenvalue weighted by Crippen LogP contribution is -2.33. The number of aliphatic carboxylic acids is 1.